The largest absolute Gasteiger partial charge is 0.456 e. The van der Waals surface area contributed by atoms with E-state index in [4.69, 9.17) is 4.42 Å². The van der Waals surface area contributed by atoms with Crippen LogP contribution in [0.25, 0.3) is 21.9 Å². The summed E-state index contributed by atoms with van der Waals surface area (Å²) in [6.45, 7) is 13.5. The Morgan fingerprint density at radius 2 is 1.48 bits per heavy atom. The third kappa shape index (κ3) is 2.35. The van der Waals surface area contributed by atoms with Crippen molar-refractivity contribution in [2.45, 2.75) is 52.4 Å². The van der Waals surface area contributed by atoms with Gasteiger partial charge in [0, 0.05) is 10.8 Å². The number of hydrogen-bond donors (Lipinski definition) is 0. The second kappa shape index (κ2) is 4.37. The number of hydrogen-bond acceptors (Lipinski definition) is 1. The summed E-state index contributed by atoms with van der Waals surface area (Å²) in [7, 11) is 0. The molecule has 0 spiro atoms. The quantitative estimate of drug-likeness (QED) is 0.479. The lowest BCUT2D eigenvalue weighted by Gasteiger charge is -2.20. The predicted molar refractivity (Wildman–Crippen MR) is 91.1 cm³/mol. The summed E-state index contributed by atoms with van der Waals surface area (Å²) >= 11 is 0. The first-order valence-corrected chi connectivity index (χ1v) is 7.64. The lowest BCUT2D eigenvalue weighted by atomic mass is 9.83. The standard InChI is InChI=1S/C20H24O/c1-19(2,3)13-10-11-14-17(12-13)21-16-9-7-8-15(18(14)16)20(4,5)6/h7-12H,1-6H3. The van der Waals surface area contributed by atoms with Gasteiger partial charge >= 0.3 is 0 Å². The van der Waals surface area contributed by atoms with Crippen LogP contribution in [0.1, 0.15) is 52.7 Å². The van der Waals surface area contributed by atoms with Crippen molar-refractivity contribution in [2.75, 3.05) is 0 Å². The maximum absolute atomic E-state index is 6.12. The van der Waals surface area contributed by atoms with Crippen LogP contribution in [0.4, 0.5) is 0 Å². The highest BCUT2D eigenvalue weighted by atomic mass is 16.3. The Balaban J connectivity index is 2.37. The molecule has 0 radical (unpaired) electrons. The summed E-state index contributed by atoms with van der Waals surface area (Å²) < 4.78 is 6.12. The summed E-state index contributed by atoms with van der Waals surface area (Å²) in [6.07, 6.45) is 0. The molecule has 0 saturated carbocycles. The van der Waals surface area contributed by atoms with Crippen LogP contribution >= 0.6 is 0 Å². The van der Waals surface area contributed by atoms with Crippen LogP contribution in [0.3, 0.4) is 0 Å². The van der Waals surface area contributed by atoms with Gasteiger partial charge in [-0.15, -0.1) is 0 Å². The number of furan rings is 1. The molecule has 0 atom stereocenters. The van der Waals surface area contributed by atoms with Gasteiger partial charge in [-0.3, -0.25) is 0 Å². The van der Waals surface area contributed by atoms with E-state index in [1.54, 1.807) is 0 Å². The van der Waals surface area contributed by atoms with E-state index in [9.17, 15) is 0 Å². The number of benzene rings is 2. The third-order valence-electron chi connectivity index (χ3n) is 4.17. The van der Waals surface area contributed by atoms with Crippen LogP contribution in [-0.2, 0) is 10.8 Å². The van der Waals surface area contributed by atoms with Gasteiger partial charge in [-0.05, 0) is 34.1 Å². The summed E-state index contributed by atoms with van der Waals surface area (Å²) in [5.74, 6) is 0. The van der Waals surface area contributed by atoms with Gasteiger partial charge in [0.05, 0.1) is 0 Å². The van der Waals surface area contributed by atoms with Crippen molar-refractivity contribution in [2.24, 2.45) is 0 Å². The number of rotatable bonds is 0. The molecule has 2 aromatic carbocycles. The van der Waals surface area contributed by atoms with E-state index in [1.807, 2.05) is 0 Å². The summed E-state index contributed by atoms with van der Waals surface area (Å²) in [5.41, 5.74) is 4.89. The zero-order valence-electron chi connectivity index (χ0n) is 13.9. The van der Waals surface area contributed by atoms with Gasteiger partial charge in [-0.2, -0.15) is 0 Å². The van der Waals surface area contributed by atoms with E-state index in [-0.39, 0.29) is 10.8 Å². The summed E-state index contributed by atoms with van der Waals surface area (Å²) in [6, 6.07) is 13.0. The van der Waals surface area contributed by atoms with E-state index in [1.165, 1.54) is 21.9 Å². The Bertz CT molecular complexity index is 807. The minimum Gasteiger partial charge on any atom is -0.456 e. The van der Waals surface area contributed by atoms with Crippen molar-refractivity contribution >= 4 is 21.9 Å². The predicted octanol–water partition coefficient (Wildman–Crippen LogP) is 6.18. The molecule has 0 amide bonds. The molecule has 3 rings (SSSR count). The van der Waals surface area contributed by atoms with Crippen molar-refractivity contribution < 1.29 is 4.42 Å². The van der Waals surface area contributed by atoms with Crippen LogP contribution < -0.4 is 0 Å². The summed E-state index contributed by atoms with van der Waals surface area (Å²) in [5, 5.41) is 2.49. The van der Waals surface area contributed by atoms with Gasteiger partial charge in [0.25, 0.3) is 0 Å². The summed E-state index contributed by atoms with van der Waals surface area (Å²) in [4.78, 5) is 0. The maximum atomic E-state index is 6.12. The van der Waals surface area contributed by atoms with Crippen molar-refractivity contribution in [1.82, 2.24) is 0 Å². The van der Waals surface area contributed by atoms with E-state index >= 15 is 0 Å². The minimum atomic E-state index is 0.110. The molecule has 0 unspecified atom stereocenters. The fourth-order valence-electron chi connectivity index (χ4n) is 2.92. The van der Waals surface area contributed by atoms with Crippen LogP contribution in [0.5, 0.6) is 0 Å². The normalized spacial score (nSPS) is 13.2. The molecule has 110 valence electrons. The van der Waals surface area contributed by atoms with E-state index in [0.717, 1.165) is 11.2 Å². The Hall–Kier alpha value is -1.76. The fraction of sp³-hybridized carbons (Fsp3) is 0.400. The van der Waals surface area contributed by atoms with Crippen LogP contribution in [0.15, 0.2) is 40.8 Å². The Morgan fingerprint density at radius 1 is 0.762 bits per heavy atom. The third-order valence-corrected chi connectivity index (χ3v) is 4.17. The molecule has 0 aliphatic heterocycles. The highest BCUT2D eigenvalue weighted by Gasteiger charge is 2.21. The molecule has 3 aromatic rings. The molecule has 1 heteroatoms. The molecule has 0 saturated heterocycles. The lowest BCUT2D eigenvalue weighted by Crippen LogP contribution is -2.11. The Labute approximate surface area is 127 Å². The molecule has 0 fully saturated rings. The molecular formula is C20H24O. The van der Waals surface area contributed by atoms with Gasteiger partial charge in [0.2, 0.25) is 0 Å². The van der Waals surface area contributed by atoms with Crippen LogP contribution in [-0.4, -0.2) is 0 Å². The molecule has 1 heterocycles. The molecule has 0 N–H and O–H groups in total. The first-order chi connectivity index (χ1) is 9.68. The lowest BCUT2D eigenvalue weighted by molar-refractivity contribution is 0.587. The van der Waals surface area contributed by atoms with Gasteiger partial charge < -0.3 is 4.42 Å². The first-order valence-electron chi connectivity index (χ1n) is 7.64. The van der Waals surface area contributed by atoms with Crippen LogP contribution in [0, 0.1) is 0 Å². The van der Waals surface area contributed by atoms with E-state index in [0.29, 0.717) is 0 Å². The zero-order valence-corrected chi connectivity index (χ0v) is 13.9. The average molecular weight is 280 g/mol. The van der Waals surface area contributed by atoms with Gasteiger partial charge in [-0.25, -0.2) is 0 Å². The molecule has 0 aliphatic rings. The van der Waals surface area contributed by atoms with Crippen LogP contribution in [0.2, 0.25) is 0 Å². The monoisotopic (exact) mass is 280 g/mol. The van der Waals surface area contributed by atoms with E-state index < -0.39 is 0 Å². The Kier molecular flexibility index (Phi) is 2.95. The molecule has 1 aromatic heterocycles. The van der Waals surface area contributed by atoms with Crippen molar-refractivity contribution in [1.29, 1.82) is 0 Å². The molecule has 21 heavy (non-hydrogen) atoms. The van der Waals surface area contributed by atoms with Crippen molar-refractivity contribution in [3.05, 3.63) is 47.5 Å². The highest BCUT2D eigenvalue weighted by molar-refractivity contribution is 6.07. The minimum absolute atomic E-state index is 0.110. The maximum Gasteiger partial charge on any atom is 0.135 e. The molecular weight excluding hydrogens is 256 g/mol. The number of fused-ring (bicyclic) bond motifs is 3. The second-order valence-electron chi connectivity index (χ2n) is 7.99. The fourth-order valence-corrected chi connectivity index (χ4v) is 2.92. The smallest absolute Gasteiger partial charge is 0.135 e. The topological polar surface area (TPSA) is 13.1 Å². The second-order valence-corrected chi connectivity index (χ2v) is 7.99. The Morgan fingerprint density at radius 3 is 2.10 bits per heavy atom. The molecule has 0 bridgehead atoms. The van der Waals surface area contributed by atoms with Gasteiger partial charge in [0.15, 0.2) is 0 Å². The molecule has 1 nitrogen and oxygen atoms in total. The molecule has 0 aliphatic carbocycles. The SMILES string of the molecule is CC(C)(C)c1ccc2c(c1)oc1cccc(C(C)(C)C)c12. The average Bonchev–Trinajstić information content (AvgIpc) is 2.73. The van der Waals surface area contributed by atoms with Gasteiger partial charge in [-0.1, -0.05) is 65.8 Å². The zero-order chi connectivity index (χ0) is 15.4. The van der Waals surface area contributed by atoms with E-state index in [2.05, 4.69) is 77.9 Å². The van der Waals surface area contributed by atoms with Crippen molar-refractivity contribution in [3.63, 3.8) is 0 Å². The van der Waals surface area contributed by atoms with Gasteiger partial charge in [0.1, 0.15) is 11.2 Å². The first kappa shape index (κ1) is 14.2. The van der Waals surface area contributed by atoms with Crippen molar-refractivity contribution in [3.8, 4) is 0 Å². The highest BCUT2D eigenvalue weighted by Crippen LogP contribution is 2.38.